The Morgan fingerprint density at radius 2 is 1.59 bits per heavy atom. The number of nitriles is 2. The van der Waals surface area contributed by atoms with Crippen molar-refractivity contribution in [3.8, 4) is 29.4 Å². The summed E-state index contributed by atoms with van der Waals surface area (Å²) >= 11 is 0. The molecule has 9 nitrogen and oxygen atoms in total. The molecular weight excluding hydrogens is 352 g/mol. The first kappa shape index (κ1) is 18.8. The van der Waals surface area contributed by atoms with E-state index in [0.29, 0.717) is 22.8 Å². The summed E-state index contributed by atoms with van der Waals surface area (Å²) in [7, 11) is 7.15. The van der Waals surface area contributed by atoms with Crippen LogP contribution in [0.2, 0.25) is 0 Å². The maximum atomic E-state index is 10.1. The molecule has 1 saturated carbocycles. The Bertz CT molecular complexity index is 898. The average Bonchev–Trinajstić information content (AvgIpc) is 3.28. The molecule has 1 heterocycles. The number of hydrogen-bond donors (Lipinski definition) is 1. The normalized spacial score (nSPS) is 29.7. The largest absolute Gasteiger partial charge is 0.493 e. The summed E-state index contributed by atoms with van der Waals surface area (Å²) in [6.07, 6.45) is 0. The van der Waals surface area contributed by atoms with Crippen LogP contribution in [0.5, 0.6) is 17.2 Å². The third-order valence-electron chi connectivity index (χ3n) is 5.53. The van der Waals surface area contributed by atoms with Crippen LogP contribution >= 0.6 is 0 Å². The molecule has 2 aliphatic rings. The molecule has 0 aromatic heterocycles. The van der Waals surface area contributed by atoms with Crippen LogP contribution in [0.25, 0.3) is 0 Å². The number of aliphatic imine (C=N–C) groups is 1. The molecule has 1 aliphatic heterocycles. The lowest BCUT2D eigenvalue weighted by atomic mass is 9.93. The third-order valence-corrected chi connectivity index (χ3v) is 5.53. The van der Waals surface area contributed by atoms with Crippen molar-refractivity contribution in [2.45, 2.75) is 11.8 Å². The average molecular weight is 372 g/mol. The van der Waals surface area contributed by atoms with Gasteiger partial charge in [0, 0.05) is 25.7 Å². The lowest BCUT2D eigenvalue weighted by Crippen LogP contribution is -2.41. The Hall–Kier alpha value is -3.01. The van der Waals surface area contributed by atoms with Crippen molar-refractivity contribution in [2.75, 3.05) is 35.5 Å². The Kier molecular flexibility index (Phi) is 4.18. The third kappa shape index (κ3) is 1.80. The predicted molar refractivity (Wildman–Crippen MR) is 93.3 cm³/mol. The Morgan fingerprint density at radius 1 is 0.963 bits per heavy atom. The van der Waals surface area contributed by atoms with E-state index in [1.165, 1.54) is 35.5 Å². The summed E-state index contributed by atoms with van der Waals surface area (Å²) < 4.78 is 27.2. The molecule has 1 aromatic carbocycles. The Labute approximate surface area is 156 Å². The van der Waals surface area contributed by atoms with E-state index in [4.69, 9.17) is 29.4 Å². The van der Waals surface area contributed by atoms with Gasteiger partial charge in [0.1, 0.15) is 11.3 Å². The van der Waals surface area contributed by atoms with Crippen LogP contribution in [-0.4, -0.2) is 47.3 Å². The molecule has 1 aromatic rings. The molecule has 27 heavy (non-hydrogen) atoms. The SMILES string of the molecule is COc1ccc([C@H]2[C@@]3(C#N)C(OC)(OC)N=C(N)[C@]23C#N)c(OC)c1OC. The first-order chi connectivity index (χ1) is 12.9. The molecule has 9 heteroatoms. The van der Waals surface area contributed by atoms with Crippen LogP contribution in [0, 0.1) is 33.5 Å². The number of amidine groups is 1. The van der Waals surface area contributed by atoms with E-state index in [-0.39, 0.29) is 5.84 Å². The van der Waals surface area contributed by atoms with Crippen LogP contribution in [0.15, 0.2) is 17.1 Å². The van der Waals surface area contributed by atoms with Crippen molar-refractivity contribution in [3.63, 3.8) is 0 Å². The van der Waals surface area contributed by atoms with Gasteiger partial charge in [-0.1, -0.05) is 6.07 Å². The van der Waals surface area contributed by atoms with Gasteiger partial charge >= 0.3 is 0 Å². The molecular formula is C18H20N4O5. The maximum absolute atomic E-state index is 10.1. The van der Waals surface area contributed by atoms with E-state index in [0.717, 1.165) is 0 Å². The van der Waals surface area contributed by atoms with Gasteiger partial charge in [-0.25, -0.2) is 4.99 Å². The van der Waals surface area contributed by atoms with Gasteiger partial charge in [-0.15, -0.1) is 0 Å². The molecule has 2 N–H and O–H groups in total. The second kappa shape index (κ2) is 6.02. The lowest BCUT2D eigenvalue weighted by Gasteiger charge is -2.29. The monoisotopic (exact) mass is 372 g/mol. The van der Waals surface area contributed by atoms with Gasteiger partial charge in [0.25, 0.3) is 5.91 Å². The fraction of sp³-hybridized carbons (Fsp3) is 0.500. The van der Waals surface area contributed by atoms with Crippen LogP contribution < -0.4 is 19.9 Å². The van der Waals surface area contributed by atoms with Gasteiger partial charge in [-0.05, 0) is 6.07 Å². The van der Waals surface area contributed by atoms with E-state index in [1.54, 1.807) is 12.1 Å². The summed E-state index contributed by atoms with van der Waals surface area (Å²) in [5.74, 6) is -1.28. The quantitative estimate of drug-likeness (QED) is 0.735. The van der Waals surface area contributed by atoms with E-state index < -0.39 is 22.7 Å². The predicted octanol–water partition coefficient (Wildman–Crippen LogP) is 1.15. The summed E-state index contributed by atoms with van der Waals surface area (Å²) in [5.41, 5.74) is 3.78. The minimum atomic E-state index is -1.70. The molecule has 0 amide bonds. The second-order valence-corrected chi connectivity index (χ2v) is 6.18. The van der Waals surface area contributed by atoms with Crippen molar-refractivity contribution in [1.29, 1.82) is 10.5 Å². The van der Waals surface area contributed by atoms with E-state index >= 15 is 0 Å². The zero-order valence-electron chi connectivity index (χ0n) is 15.7. The summed E-state index contributed by atoms with van der Waals surface area (Å²) in [6.45, 7) is 0. The van der Waals surface area contributed by atoms with Gasteiger partial charge in [0.15, 0.2) is 16.9 Å². The standard InChI is InChI=1S/C18H20N4O5/c1-23-11-7-6-10(12(24-2)13(11)25-3)14-16(8-19)15(21)22-18(26-4,27-5)17(14,16)9-20/h6-7,14H,1-5H3,(H2,21,22)/t14-,16+,17-/m1/s1. The molecule has 1 aliphatic carbocycles. The zero-order valence-corrected chi connectivity index (χ0v) is 15.7. The van der Waals surface area contributed by atoms with E-state index in [1.807, 2.05) is 0 Å². The Morgan fingerprint density at radius 3 is 2.04 bits per heavy atom. The van der Waals surface area contributed by atoms with Crippen LogP contribution in [0.4, 0.5) is 0 Å². The first-order valence-corrected chi connectivity index (χ1v) is 8.02. The fourth-order valence-electron chi connectivity index (χ4n) is 4.34. The highest BCUT2D eigenvalue weighted by atomic mass is 16.7. The lowest BCUT2D eigenvalue weighted by molar-refractivity contribution is -0.230. The number of rotatable bonds is 6. The minimum absolute atomic E-state index is 0.0166. The molecule has 142 valence electrons. The number of ether oxygens (including phenoxy) is 5. The molecule has 3 rings (SSSR count). The molecule has 0 spiro atoms. The number of nitrogens with zero attached hydrogens (tertiary/aromatic N) is 3. The smallest absolute Gasteiger partial charge is 0.292 e. The summed E-state index contributed by atoms with van der Waals surface area (Å²) in [4.78, 5) is 4.19. The number of hydrogen-bond acceptors (Lipinski definition) is 9. The minimum Gasteiger partial charge on any atom is -0.493 e. The van der Waals surface area contributed by atoms with Gasteiger partial charge in [-0.2, -0.15) is 10.5 Å². The van der Waals surface area contributed by atoms with Gasteiger partial charge in [-0.3, -0.25) is 0 Å². The Balaban J connectivity index is 2.31. The molecule has 0 bridgehead atoms. The van der Waals surface area contributed by atoms with Gasteiger partial charge in [0.05, 0.1) is 33.5 Å². The van der Waals surface area contributed by atoms with E-state index in [2.05, 4.69) is 17.1 Å². The summed E-state index contributed by atoms with van der Waals surface area (Å²) in [6, 6.07) is 7.77. The van der Waals surface area contributed by atoms with Crippen LogP contribution in [-0.2, 0) is 9.47 Å². The molecule has 0 radical (unpaired) electrons. The number of methoxy groups -OCH3 is 5. The van der Waals surface area contributed by atoms with Crippen molar-refractivity contribution < 1.29 is 23.7 Å². The van der Waals surface area contributed by atoms with Gasteiger partial charge in [0.2, 0.25) is 5.75 Å². The highest BCUT2D eigenvalue weighted by Gasteiger charge is 2.94. The summed E-state index contributed by atoms with van der Waals surface area (Å²) in [5, 5.41) is 20.1. The van der Waals surface area contributed by atoms with Crippen molar-refractivity contribution >= 4 is 5.84 Å². The van der Waals surface area contributed by atoms with Crippen molar-refractivity contribution in [3.05, 3.63) is 17.7 Å². The molecule has 1 fully saturated rings. The van der Waals surface area contributed by atoms with Crippen LogP contribution in [0.3, 0.4) is 0 Å². The zero-order chi connectivity index (χ0) is 20.0. The van der Waals surface area contributed by atoms with Gasteiger partial charge < -0.3 is 29.4 Å². The number of nitrogens with two attached hydrogens (primary N) is 1. The highest BCUT2D eigenvalue weighted by Crippen LogP contribution is 2.82. The number of fused-ring (bicyclic) bond motifs is 1. The van der Waals surface area contributed by atoms with Crippen molar-refractivity contribution in [1.82, 2.24) is 0 Å². The first-order valence-electron chi connectivity index (χ1n) is 8.02. The molecule has 3 atom stereocenters. The fourth-order valence-corrected chi connectivity index (χ4v) is 4.34. The van der Waals surface area contributed by atoms with E-state index in [9.17, 15) is 10.5 Å². The molecule has 0 unspecified atom stereocenters. The van der Waals surface area contributed by atoms with Crippen LogP contribution in [0.1, 0.15) is 11.5 Å². The number of benzene rings is 1. The molecule has 0 saturated heterocycles. The highest BCUT2D eigenvalue weighted by molar-refractivity contribution is 6.00. The maximum Gasteiger partial charge on any atom is 0.292 e. The second-order valence-electron chi connectivity index (χ2n) is 6.18. The van der Waals surface area contributed by atoms with Crippen molar-refractivity contribution in [2.24, 2.45) is 21.6 Å². The topological polar surface area (TPSA) is 132 Å².